The van der Waals surface area contributed by atoms with Gasteiger partial charge in [0.2, 0.25) is 0 Å². The van der Waals surface area contributed by atoms with Crippen LogP contribution in [0.25, 0.3) is 0 Å². The molecule has 5 nitrogen and oxygen atoms in total. The number of alkyl halides is 3. The molecular formula is C25H22F4IN3O2. The minimum absolute atomic E-state index is 0.0210. The van der Waals surface area contributed by atoms with Gasteiger partial charge in [0.15, 0.2) is 0 Å². The summed E-state index contributed by atoms with van der Waals surface area (Å²) in [7, 11) is 0. The molecule has 1 aliphatic rings. The largest absolute Gasteiger partial charge is 0.406 e. The first kappa shape index (κ1) is 25.4. The third kappa shape index (κ3) is 5.13. The Balaban J connectivity index is 2.00. The van der Waals surface area contributed by atoms with E-state index in [1.165, 1.54) is 29.2 Å². The molecule has 1 aliphatic heterocycles. The van der Waals surface area contributed by atoms with Crippen molar-refractivity contribution in [3.05, 3.63) is 93.1 Å². The number of aromatic nitrogens is 1. The summed E-state index contributed by atoms with van der Waals surface area (Å²) < 4.78 is 56.4. The monoisotopic (exact) mass is 599 g/mol. The lowest BCUT2D eigenvalue weighted by atomic mass is 9.75. The van der Waals surface area contributed by atoms with E-state index in [-0.39, 0.29) is 26.0 Å². The highest BCUT2D eigenvalue weighted by Gasteiger charge is 2.53. The number of benzene rings is 2. The van der Waals surface area contributed by atoms with Crippen molar-refractivity contribution in [1.29, 1.82) is 0 Å². The van der Waals surface area contributed by atoms with Crippen molar-refractivity contribution >= 4 is 34.3 Å². The van der Waals surface area contributed by atoms with Gasteiger partial charge in [-0.3, -0.25) is 9.88 Å². The van der Waals surface area contributed by atoms with Gasteiger partial charge >= 0.3 is 12.2 Å². The highest BCUT2D eigenvalue weighted by atomic mass is 127. The van der Waals surface area contributed by atoms with Crippen LogP contribution < -0.4 is 4.90 Å². The number of aliphatic hydroxyl groups excluding tert-OH is 1. The molecule has 4 rings (SSSR count). The molecule has 184 valence electrons. The molecule has 10 heteroatoms. The van der Waals surface area contributed by atoms with Gasteiger partial charge in [-0.2, -0.15) is 13.2 Å². The van der Waals surface area contributed by atoms with E-state index < -0.39 is 30.1 Å². The van der Waals surface area contributed by atoms with Crippen molar-refractivity contribution in [2.75, 3.05) is 18.1 Å². The number of nitrogens with zero attached hydrogens (tertiary/aromatic N) is 3. The number of urea groups is 1. The number of pyridine rings is 1. The van der Waals surface area contributed by atoms with E-state index in [1.807, 2.05) is 0 Å². The van der Waals surface area contributed by atoms with Gasteiger partial charge in [-0.1, -0.05) is 12.1 Å². The number of halogens is 5. The Bertz CT molecular complexity index is 1190. The second-order valence-electron chi connectivity index (χ2n) is 8.28. The number of fused-ring (bicyclic) bond motifs is 1. The van der Waals surface area contributed by atoms with Gasteiger partial charge in [0.1, 0.15) is 12.4 Å². The maximum Gasteiger partial charge on any atom is 0.406 e. The molecule has 0 saturated heterocycles. The molecule has 0 fully saturated rings. The summed E-state index contributed by atoms with van der Waals surface area (Å²) in [5.74, 6) is -0.544. The molecule has 0 radical (unpaired) electrons. The second-order valence-corrected chi connectivity index (χ2v) is 9.53. The van der Waals surface area contributed by atoms with Gasteiger partial charge in [0, 0.05) is 28.1 Å². The molecule has 3 aromatic rings. The number of amides is 2. The molecular weight excluding hydrogens is 577 g/mol. The van der Waals surface area contributed by atoms with E-state index in [2.05, 4.69) is 27.6 Å². The third-order valence-electron chi connectivity index (χ3n) is 6.06. The first-order chi connectivity index (χ1) is 16.7. The maximum absolute atomic E-state index is 13.9. The van der Waals surface area contributed by atoms with Crippen molar-refractivity contribution in [2.45, 2.75) is 31.1 Å². The number of aliphatic hydroxyl groups is 1. The van der Waals surface area contributed by atoms with E-state index in [1.54, 1.807) is 42.7 Å². The van der Waals surface area contributed by atoms with E-state index >= 15 is 0 Å². The van der Waals surface area contributed by atoms with Crippen molar-refractivity contribution in [3.8, 4) is 0 Å². The van der Waals surface area contributed by atoms with E-state index in [0.717, 1.165) is 8.47 Å². The standard InChI is InChI=1S/C25H22F4IN3O2/c26-19-4-2-18(3-5-19)24(10-1-13-34)21-14-20(30)6-7-22(21)32(15-17-8-11-31-12-9-17)23(35)33(24)16-25(27,28)29/h2-9,11-12,14,34H,1,10,13,15-16H2. The number of hydrogen-bond donors (Lipinski definition) is 1. The number of hydrogen-bond acceptors (Lipinski definition) is 3. The molecule has 2 heterocycles. The van der Waals surface area contributed by atoms with E-state index in [4.69, 9.17) is 0 Å². The summed E-state index contributed by atoms with van der Waals surface area (Å²) in [6.45, 7) is -1.74. The molecule has 0 spiro atoms. The number of carbonyl (C=O) groups is 1. The van der Waals surface area contributed by atoms with Crippen LogP contribution in [0.15, 0.2) is 67.0 Å². The summed E-state index contributed by atoms with van der Waals surface area (Å²) in [5, 5.41) is 9.63. The fourth-order valence-electron chi connectivity index (χ4n) is 4.62. The summed E-state index contributed by atoms with van der Waals surface area (Å²) in [6, 6.07) is 13.0. The van der Waals surface area contributed by atoms with Crippen molar-refractivity contribution < 1.29 is 27.5 Å². The maximum atomic E-state index is 13.9. The normalized spacial score (nSPS) is 18.1. The molecule has 1 atom stereocenters. The topological polar surface area (TPSA) is 56.7 Å². The minimum Gasteiger partial charge on any atom is -0.396 e. The average Bonchev–Trinajstić information content (AvgIpc) is 2.82. The number of rotatable bonds is 7. The molecule has 2 amide bonds. The summed E-state index contributed by atoms with van der Waals surface area (Å²) in [4.78, 5) is 20.0. The van der Waals surface area contributed by atoms with Crippen LogP contribution in [0.5, 0.6) is 0 Å². The van der Waals surface area contributed by atoms with Crippen LogP contribution in [-0.2, 0) is 12.1 Å². The summed E-state index contributed by atoms with van der Waals surface area (Å²) >= 11 is 2.07. The van der Waals surface area contributed by atoms with Crippen molar-refractivity contribution in [2.24, 2.45) is 0 Å². The Hall–Kier alpha value is -2.73. The zero-order valence-corrected chi connectivity index (χ0v) is 20.6. The van der Waals surface area contributed by atoms with Gasteiger partial charge in [-0.25, -0.2) is 9.18 Å². The fourth-order valence-corrected chi connectivity index (χ4v) is 5.11. The zero-order chi connectivity index (χ0) is 25.2. The Morgan fingerprint density at radius 2 is 1.71 bits per heavy atom. The van der Waals surface area contributed by atoms with Crippen LogP contribution in [0.1, 0.15) is 29.5 Å². The van der Waals surface area contributed by atoms with E-state index in [0.29, 0.717) is 22.4 Å². The summed E-state index contributed by atoms with van der Waals surface area (Å²) in [6.07, 6.45) is -1.43. The Morgan fingerprint density at radius 3 is 2.34 bits per heavy atom. The van der Waals surface area contributed by atoms with Crippen LogP contribution in [0, 0.1) is 9.39 Å². The van der Waals surface area contributed by atoms with Crippen molar-refractivity contribution in [1.82, 2.24) is 9.88 Å². The SMILES string of the molecule is O=C1N(Cc2ccncc2)c2ccc(I)cc2C(CCCO)(c2ccc(F)cc2)N1CC(F)(F)F. The van der Waals surface area contributed by atoms with Crippen LogP contribution in [-0.4, -0.2) is 40.3 Å². The number of anilines is 1. The van der Waals surface area contributed by atoms with Gasteiger partial charge in [-0.15, -0.1) is 0 Å². The molecule has 0 bridgehead atoms. The first-order valence-electron chi connectivity index (χ1n) is 10.9. The molecule has 1 unspecified atom stereocenters. The lowest BCUT2D eigenvalue weighted by molar-refractivity contribution is -0.149. The van der Waals surface area contributed by atoms with Crippen molar-refractivity contribution in [3.63, 3.8) is 0 Å². The van der Waals surface area contributed by atoms with Crippen LogP contribution in [0.2, 0.25) is 0 Å². The highest BCUT2D eigenvalue weighted by Crippen LogP contribution is 2.50. The summed E-state index contributed by atoms with van der Waals surface area (Å²) in [5.41, 5.74) is 0.440. The molecule has 0 aliphatic carbocycles. The Kier molecular flexibility index (Phi) is 7.32. The first-order valence-corrected chi connectivity index (χ1v) is 12.0. The van der Waals surface area contributed by atoms with Crippen LogP contribution in [0.3, 0.4) is 0 Å². The molecule has 35 heavy (non-hydrogen) atoms. The molecule has 2 aromatic carbocycles. The van der Waals surface area contributed by atoms with E-state index in [9.17, 15) is 27.5 Å². The van der Waals surface area contributed by atoms with Crippen LogP contribution >= 0.6 is 22.6 Å². The average molecular weight is 599 g/mol. The second kappa shape index (κ2) is 10.1. The minimum atomic E-state index is -4.69. The Labute approximate surface area is 213 Å². The Morgan fingerprint density at radius 1 is 1.03 bits per heavy atom. The molecule has 1 aromatic heterocycles. The fraction of sp³-hybridized carbons (Fsp3) is 0.280. The van der Waals surface area contributed by atoms with Gasteiger partial charge in [0.05, 0.1) is 17.8 Å². The molecule has 1 N–H and O–H groups in total. The lowest BCUT2D eigenvalue weighted by Gasteiger charge is -2.52. The predicted molar refractivity (Wildman–Crippen MR) is 131 cm³/mol. The van der Waals surface area contributed by atoms with Gasteiger partial charge < -0.3 is 10.0 Å². The van der Waals surface area contributed by atoms with Crippen LogP contribution in [0.4, 0.5) is 28.0 Å². The zero-order valence-electron chi connectivity index (χ0n) is 18.5. The lowest BCUT2D eigenvalue weighted by Crippen LogP contribution is -2.61. The quantitative estimate of drug-likeness (QED) is 0.274. The van der Waals surface area contributed by atoms with Gasteiger partial charge in [-0.05, 0) is 89.0 Å². The predicted octanol–water partition coefficient (Wildman–Crippen LogP) is 5.85. The number of carbonyl (C=O) groups excluding carboxylic acids is 1. The highest BCUT2D eigenvalue weighted by molar-refractivity contribution is 14.1. The third-order valence-corrected chi connectivity index (χ3v) is 6.73. The molecule has 0 saturated carbocycles. The smallest absolute Gasteiger partial charge is 0.396 e. The van der Waals surface area contributed by atoms with Gasteiger partial charge in [0.25, 0.3) is 0 Å².